The van der Waals surface area contributed by atoms with E-state index >= 15 is 0 Å². The van der Waals surface area contributed by atoms with Crippen molar-refractivity contribution in [3.63, 3.8) is 0 Å². The molecule has 3 atom stereocenters. The van der Waals surface area contributed by atoms with Gasteiger partial charge < -0.3 is 5.11 Å². The number of aliphatic hydroxyl groups is 1. The Balaban J connectivity index is 1.47. The Bertz CT molecular complexity index is 1380. The third-order valence-electron chi connectivity index (χ3n) is 6.25. The first-order chi connectivity index (χ1) is 17.4. The van der Waals surface area contributed by atoms with E-state index in [1.54, 1.807) is 0 Å². The molecule has 1 fully saturated rings. The summed E-state index contributed by atoms with van der Waals surface area (Å²) in [4.78, 5) is 21.3. The fourth-order valence-electron chi connectivity index (χ4n) is 4.54. The molecule has 0 unspecified atom stereocenters. The quantitative estimate of drug-likeness (QED) is 0.393. The van der Waals surface area contributed by atoms with Gasteiger partial charge in [0.25, 0.3) is 0 Å². The van der Waals surface area contributed by atoms with Crippen LogP contribution in [0.3, 0.4) is 0 Å². The third kappa shape index (κ3) is 6.77. The molecule has 0 bridgehead atoms. The van der Waals surface area contributed by atoms with Crippen LogP contribution < -0.4 is 5.14 Å². The number of ketones is 1. The lowest BCUT2D eigenvalue weighted by atomic mass is 9.96. The topological polar surface area (TPSA) is 150 Å². The lowest BCUT2D eigenvalue weighted by Crippen LogP contribution is -2.24. The van der Waals surface area contributed by atoms with Crippen LogP contribution >= 0.6 is 0 Å². The predicted octanol–water partition coefficient (Wildman–Crippen LogP) is 2.12. The average molecular weight is 540 g/mol. The van der Waals surface area contributed by atoms with Crippen LogP contribution in [0.2, 0.25) is 0 Å². The number of nitrogens with two attached hydrogens (primary N) is 1. The van der Waals surface area contributed by atoms with Crippen molar-refractivity contribution in [2.75, 3.05) is 6.61 Å². The van der Waals surface area contributed by atoms with Gasteiger partial charge in [-0.15, -0.1) is 0 Å². The van der Waals surface area contributed by atoms with Crippen LogP contribution in [0.4, 0.5) is 13.2 Å². The van der Waals surface area contributed by atoms with E-state index in [-0.39, 0.29) is 35.9 Å². The Labute approximate surface area is 210 Å². The first kappa shape index (κ1) is 26.9. The SMILES string of the molecule is NS(=O)(=O)OC[C@H]1C[C@@H](Cc2ncncc2C(=O)c2ccn(Cc3ccccc3C(F)(F)F)n2)C[C@@H]1O. The second-order valence-electron chi connectivity index (χ2n) is 8.91. The zero-order valence-corrected chi connectivity index (χ0v) is 20.2. The standard InChI is InChI=1S/C23H24F3N5O5S/c24-23(25,26)18-4-2-1-3-15(18)11-31-6-5-19(30-31)22(33)17-10-28-13-29-20(17)8-14-7-16(21(32)9-14)12-36-37(27,34)35/h1-6,10,13-14,16,21,32H,7-9,11-12H2,(H2,27,34,35)/t14-,16+,21-/m0/s1. The van der Waals surface area contributed by atoms with E-state index in [1.807, 2.05) is 0 Å². The number of aromatic nitrogens is 4. The molecule has 0 aliphatic heterocycles. The molecule has 1 aliphatic carbocycles. The minimum Gasteiger partial charge on any atom is -0.393 e. The minimum absolute atomic E-state index is 0.0154. The normalized spacial score (nSPS) is 20.3. The molecule has 3 N–H and O–H groups in total. The van der Waals surface area contributed by atoms with E-state index in [4.69, 9.17) is 5.14 Å². The van der Waals surface area contributed by atoms with E-state index in [0.717, 1.165) is 6.07 Å². The molecule has 37 heavy (non-hydrogen) atoms. The summed E-state index contributed by atoms with van der Waals surface area (Å²) in [7, 11) is -4.13. The maximum atomic E-state index is 13.3. The summed E-state index contributed by atoms with van der Waals surface area (Å²) in [5.74, 6) is -1.05. The average Bonchev–Trinajstić information content (AvgIpc) is 3.43. The first-order valence-corrected chi connectivity index (χ1v) is 12.7. The number of carbonyl (C=O) groups excluding carboxylic acids is 1. The Morgan fingerprint density at radius 1 is 1.22 bits per heavy atom. The van der Waals surface area contributed by atoms with Gasteiger partial charge in [0, 0.05) is 18.3 Å². The summed E-state index contributed by atoms with van der Waals surface area (Å²) in [6, 6.07) is 6.56. The number of rotatable bonds is 9. The molecule has 2 aromatic heterocycles. The first-order valence-electron chi connectivity index (χ1n) is 11.3. The van der Waals surface area contributed by atoms with Gasteiger partial charge in [0.05, 0.1) is 36.1 Å². The molecule has 198 valence electrons. The van der Waals surface area contributed by atoms with Crippen LogP contribution in [-0.4, -0.2) is 51.8 Å². The number of nitrogens with zero attached hydrogens (tertiary/aromatic N) is 4. The summed E-state index contributed by atoms with van der Waals surface area (Å²) in [5.41, 5.74) is -0.138. The van der Waals surface area contributed by atoms with Gasteiger partial charge in [-0.3, -0.25) is 13.7 Å². The molecule has 4 rings (SSSR count). The molecule has 0 amide bonds. The maximum Gasteiger partial charge on any atom is 0.416 e. The fourth-order valence-corrected chi connectivity index (χ4v) is 4.91. The van der Waals surface area contributed by atoms with E-state index in [0.29, 0.717) is 25.0 Å². The second kappa shape index (κ2) is 10.7. The Hall–Kier alpha value is -3.20. The Morgan fingerprint density at radius 2 is 1.97 bits per heavy atom. The zero-order chi connectivity index (χ0) is 26.8. The van der Waals surface area contributed by atoms with Crippen LogP contribution in [0.1, 0.15) is 45.7 Å². The Morgan fingerprint density at radius 3 is 2.70 bits per heavy atom. The van der Waals surface area contributed by atoms with Crippen molar-refractivity contribution in [2.45, 2.75) is 38.1 Å². The van der Waals surface area contributed by atoms with Crippen molar-refractivity contribution in [1.82, 2.24) is 19.7 Å². The predicted molar refractivity (Wildman–Crippen MR) is 123 cm³/mol. The molecule has 10 nitrogen and oxygen atoms in total. The Kier molecular flexibility index (Phi) is 7.73. The number of halogens is 3. The van der Waals surface area contributed by atoms with Crippen molar-refractivity contribution in [3.05, 3.63) is 77.1 Å². The summed E-state index contributed by atoms with van der Waals surface area (Å²) in [6.45, 7) is -0.427. The lowest BCUT2D eigenvalue weighted by molar-refractivity contribution is -0.138. The van der Waals surface area contributed by atoms with Gasteiger partial charge in [-0.25, -0.2) is 15.1 Å². The molecule has 2 heterocycles. The smallest absolute Gasteiger partial charge is 0.393 e. The van der Waals surface area contributed by atoms with Crippen molar-refractivity contribution in [1.29, 1.82) is 0 Å². The van der Waals surface area contributed by atoms with Crippen LogP contribution in [0.15, 0.2) is 49.1 Å². The highest BCUT2D eigenvalue weighted by Gasteiger charge is 2.35. The summed E-state index contributed by atoms with van der Waals surface area (Å²) in [5, 5.41) is 19.3. The number of benzene rings is 1. The largest absolute Gasteiger partial charge is 0.416 e. The van der Waals surface area contributed by atoms with Crippen molar-refractivity contribution in [2.24, 2.45) is 17.0 Å². The molecule has 14 heteroatoms. The molecule has 1 aromatic carbocycles. The third-order valence-corrected chi connectivity index (χ3v) is 6.72. The van der Waals surface area contributed by atoms with E-state index < -0.39 is 39.8 Å². The molecule has 0 radical (unpaired) electrons. The number of alkyl halides is 3. The molecule has 3 aromatic rings. The van der Waals surface area contributed by atoms with E-state index in [2.05, 4.69) is 19.2 Å². The van der Waals surface area contributed by atoms with E-state index in [9.17, 15) is 31.5 Å². The molecule has 1 aliphatic rings. The highest BCUT2D eigenvalue weighted by molar-refractivity contribution is 7.84. The molecular formula is C23H24F3N5O5S. The summed E-state index contributed by atoms with van der Waals surface area (Å²) < 4.78 is 67.9. The number of aliphatic hydroxyl groups excluding tert-OH is 1. The monoisotopic (exact) mass is 539 g/mol. The van der Waals surface area contributed by atoms with Gasteiger partial charge in [-0.1, -0.05) is 18.2 Å². The number of hydrogen-bond acceptors (Lipinski definition) is 8. The number of hydrogen-bond donors (Lipinski definition) is 2. The van der Waals surface area contributed by atoms with Crippen LogP contribution in [-0.2, 0) is 33.6 Å². The van der Waals surface area contributed by atoms with E-state index in [1.165, 1.54) is 47.7 Å². The van der Waals surface area contributed by atoms with Gasteiger partial charge in [0.1, 0.15) is 12.0 Å². The van der Waals surface area contributed by atoms with Gasteiger partial charge >= 0.3 is 16.5 Å². The minimum atomic E-state index is -4.52. The number of carbonyl (C=O) groups is 1. The van der Waals surface area contributed by atoms with Crippen LogP contribution in [0.5, 0.6) is 0 Å². The van der Waals surface area contributed by atoms with Gasteiger partial charge in [-0.2, -0.15) is 26.7 Å². The van der Waals surface area contributed by atoms with Crippen LogP contribution in [0, 0.1) is 11.8 Å². The highest BCUT2D eigenvalue weighted by atomic mass is 32.2. The molecule has 0 spiro atoms. The van der Waals surface area contributed by atoms with Gasteiger partial charge in [0.2, 0.25) is 5.78 Å². The second-order valence-corrected chi connectivity index (χ2v) is 10.1. The van der Waals surface area contributed by atoms with Crippen molar-refractivity contribution >= 4 is 16.1 Å². The van der Waals surface area contributed by atoms with Crippen LogP contribution in [0.25, 0.3) is 0 Å². The van der Waals surface area contributed by atoms with Gasteiger partial charge in [-0.05, 0) is 42.9 Å². The summed E-state index contributed by atoms with van der Waals surface area (Å²) in [6.07, 6.45) is -0.176. The zero-order valence-electron chi connectivity index (χ0n) is 19.4. The maximum absolute atomic E-state index is 13.3. The molecule has 1 saturated carbocycles. The summed E-state index contributed by atoms with van der Waals surface area (Å²) >= 11 is 0. The molecule has 0 saturated heterocycles. The lowest BCUT2D eigenvalue weighted by Gasteiger charge is -2.13. The van der Waals surface area contributed by atoms with Crippen molar-refractivity contribution in [3.8, 4) is 0 Å². The fraction of sp³-hybridized carbons (Fsp3) is 0.391. The van der Waals surface area contributed by atoms with Crippen molar-refractivity contribution < 1.29 is 35.7 Å². The highest BCUT2D eigenvalue weighted by Crippen LogP contribution is 2.35. The molecular weight excluding hydrogens is 515 g/mol. The van der Waals surface area contributed by atoms with Gasteiger partial charge in [0.15, 0.2) is 0 Å².